The number of thiazole rings is 1. The van der Waals surface area contributed by atoms with E-state index in [1.165, 1.54) is 16.2 Å². The minimum absolute atomic E-state index is 0.00112. The zero-order valence-corrected chi connectivity index (χ0v) is 20.9. The molecule has 0 saturated carbocycles. The number of hydrogen-bond donors (Lipinski definition) is 0. The van der Waals surface area contributed by atoms with Crippen LogP contribution in [-0.4, -0.2) is 28.2 Å². The Kier molecular flexibility index (Phi) is 7.30. The van der Waals surface area contributed by atoms with Crippen LogP contribution in [0.2, 0.25) is 0 Å². The second-order valence-corrected chi connectivity index (χ2v) is 10.7. The van der Waals surface area contributed by atoms with Crippen molar-refractivity contribution < 1.29 is 9.53 Å². The van der Waals surface area contributed by atoms with Crippen molar-refractivity contribution in [3.8, 4) is 5.75 Å². The molecule has 2 heterocycles. The number of aryl methyl sites for hydroxylation is 1. The molecule has 33 heavy (non-hydrogen) atoms. The van der Waals surface area contributed by atoms with E-state index in [0.29, 0.717) is 29.1 Å². The molecule has 0 N–H and O–H groups in total. The van der Waals surface area contributed by atoms with Gasteiger partial charge in [-0.3, -0.25) is 14.7 Å². The van der Waals surface area contributed by atoms with Crippen LogP contribution in [0.4, 0.5) is 5.13 Å². The van der Waals surface area contributed by atoms with Crippen molar-refractivity contribution in [1.82, 2.24) is 9.97 Å². The van der Waals surface area contributed by atoms with Gasteiger partial charge in [-0.1, -0.05) is 49.4 Å². The molecule has 0 bridgehead atoms. The number of carbonyl (C=O) groups excluding carboxylic acids is 1. The summed E-state index contributed by atoms with van der Waals surface area (Å²) in [5.41, 5.74) is 3.84. The molecule has 170 valence electrons. The third kappa shape index (κ3) is 5.54. The Hall–Kier alpha value is -2.90. The van der Waals surface area contributed by atoms with Crippen molar-refractivity contribution in [2.24, 2.45) is 0 Å². The Bertz CT molecular complexity index is 1240. The summed E-state index contributed by atoms with van der Waals surface area (Å²) in [5, 5.41) is 1.19. The largest absolute Gasteiger partial charge is 0.494 e. The van der Waals surface area contributed by atoms with Crippen LogP contribution in [0.3, 0.4) is 0 Å². The predicted molar refractivity (Wildman–Crippen MR) is 137 cm³/mol. The van der Waals surface area contributed by atoms with Crippen LogP contribution in [0.1, 0.15) is 30.5 Å². The van der Waals surface area contributed by atoms with Crippen LogP contribution < -0.4 is 9.64 Å². The summed E-state index contributed by atoms with van der Waals surface area (Å²) < 4.78 is 6.55. The van der Waals surface area contributed by atoms with Crippen molar-refractivity contribution >= 4 is 44.4 Å². The first-order chi connectivity index (χ1) is 15.9. The Morgan fingerprint density at radius 3 is 2.58 bits per heavy atom. The lowest BCUT2D eigenvalue weighted by molar-refractivity contribution is -0.118. The van der Waals surface area contributed by atoms with Crippen molar-refractivity contribution in [2.45, 2.75) is 43.9 Å². The van der Waals surface area contributed by atoms with Crippen molar-refractivity contribution in [3.05, 3.63) is 77.6 Å². The SMILES string of the molecule is COc1ccc(C)c2sc(N(Cc3cccnc3)C(=O)Cc3ccc(SC(C)C)cc3)nc12. The van der Waals surface area contributed by atoms with Gasteiger partial charge in [-0.05, 0) is 47.9 Å². The molecule has 4 rings (SSSR count). The number of rotatable bonds is 8. The van der Waals surface area contributed by atoms with Crippen molar-refractivity contribution in [3.63, 3.8) is 0 Å². The van der Waals surface area contributed by atoms with E-state index >= 15 is 0 Å². The monoisotopic (exact) mass is 477 g/mol. The predicted octanol–water partition coefficient (Wildman–Crippen LogP) is 6.28. The maximum Gasteiger partial charge on any atom is 0.233 e. The number of pyridine rings is 1. The molecule has 0 unspecified atom stereocenters. The number of hydrogen-bond acceptors (Lipinski definition) is 6. The van der Waals surface area contributed by atoms with Gasteiger partial charge in [0.2, 0.25) is 5.91 Å². The molecule has 0 saturated heterocycles. The number of anilines is 1. The van der Waals surface area contributed by atoms with E-state index < -0.39 is 0 Å². The first-order valence-corrected chi connectivity index (χ1v) is 12.5. The molecule has 0 aliphatic heterocycles. The van der Waals surface area contributed by atoms with Gasteiger partial charge in [-0.2, -0.15) is 0 Å². The molecular formula is C26H27N3O2S2. The number of nitrogens with zero attached hydrogens (tertiary/aromatic N) is 3. The molecule has 5 nitrogen and oxygen atoms in total. The Balaban J connectivity index is 1.66. The summed E-state index contributed by atoms with van der Waals surface area (Å²) in [6.45, 7) is 6.81. The van der Waals surface area contributed by atoms with Gasteiger partial charge in [0.25, 0.3) is 0 Å². The van der Waals surface area contributed by atoms with Gasteiger partial charge in [0.15, 0.2) is 5.13 Å². The molecule has 1 amide bonds. The number of aromatic nitrogens is 2. The summed E-state index contributed by atoms with van der Waals surface area (Å²) in [7, 11) is 1.64. The molecular weight excluding hydrogens is 450 g/mol. The fraction of sp³-hybridized carbons (Fsp3) is 0.269. The van der Waals surface area contributed by atoms with E-state index in [4.69, 9.17) is 9.72 Å². The van der Waals surface area contributed by atoms with E-state index in [2.05, 4.69) is 31.0 Å². The van der Waals surface area contributed by atoms with Crippen LogP contribution in [0.5, 0.6) is 5.75 Å². The molecule has 0 aliphatic carbocycles. The van der Waals surface area contributed by atoms with Gasteiger partial charge in [0, 0.05) is 22.5 Å². The summed E-state index contributed by atoms with van der Waals surface area (Å²) in [6.07, 6.45) is 3.83. The number of carbonyl (C=O) groups is 1. The number of ether oxygens (including phenoxy) is 1. The number of methoxy groups -OCH3 is 1. The van der Waals surface area contributed by atoms with Gasteiger partial charge < -0.3 is 4.74 Å². The second-order valence-electron chi connectivity index (χ2n) is 8.09. The molecule has 0 radical (unpaired) electrons. The normalized spacial score (nSPS) is 11.2. The van der Waals surface area contributed by atoms with Crippen LogP contribution >= 0.6 is 23.1 Å². The molecule has 0 atom stereocenters. The molecule has 4 aromatic rings. The van der Waals surface area contributed by atoms with E-state index in [0.717, 1.165) is 26.9 Å². The van der Waals surface area contributed by atoms with Crippen molar-refractivity contribution in [1.29, 1.82) is 0 Å². The average molecular weight is 478 g/mol. The molecule has 2 aromatic carbocycles. The fourth-order valence-electron chi connectivity index (χ4n) is 3.54. The number of fused-ring (bicyclic) bond motifs is 1. The Morgan fingerprint density at radius 1 is 1.12 bits per heavy atom. The van der Waals surface area contributed by atoms with E-state index in [-0.39, 0.29) is 5.91 Å². The molecule has 7 heteroatoms. The third-order valence-electron chi connectivity index (χ3n) is 5.16. The first kappa shape index (κ1) is 23.3. The van der Waals surface area contributed by atoms with Crippen LogP contribution in [0, 0.1) is 6.92 Å². The van der Waals surface area contributed by atoms with E-state index in [1.54, 1.807) is 24.4 Å². The topological polar surface area (TPSA) is 55.3 Å². The van der Waals surface area contributed by atoms with Crippen LogP contribution in [0.15, 0.2) is 65.8 Å². The summed E-state index contributed by atoms with van der Waals surface area (Å²) in [5.74, 6) is 0.712. The highest BCUT2D eigenvalue weighted by Gasteiger charge is 2.22. The van der Waals surface area contributed by atoms with Gasteiger partial charge in [-0.15, -0.1) is 11.8 Å². The lowest BCUT2D eigenvalue weighted by Gasteiger charge is -2.20. The van der Waals surface area contributed by atoms with Gasteiger partial charge in [-0.25, -0.2) is 4.98 Å². The maximum atomic E-state index is 13.5. The maximum absolute atomic E-state index is 13.5. The number of amides is 1. The van der Waals surface area contributed by atoms with E-state index in [1.807, 2.05) is 55.1 Å². The Labute approximate surface area is 202 Å². The molecule has 0 spiro atoms. The zero-order valence-electron chi connectivity index (χ0n) is 19.2. The highest BCUT2D eigenvalue weighted by atomic mass is 32.2. The van der Waals surface area contributed by atoms with Gasteiger partial charge in [0.05, 0.1) is 24.8 Å². The molecule has 0 aliphatic rings. The van der Waals surface area contributed by atoms with Gasteiger partial charge >= 0.3 is 0 Å². The highest BCUT2D eigenvalue weighted by molar-refractivity contribution is 7.99. The molecule has 0 fully saturated rings. The van der Waals surface area contributed by atoms with Crippen LogP contribution in [0.25, 0.3) is 10.2 Å². The minimum atomic E-state index is -0.00112. The van der Waals surface area contributed by atoms with Crippen LogP contribution in [-0.2, 0) is 17.8 Å². The number of benzene rings is 2. The molecule has 2 aromatic heterocycles. The zero-order chi connectivity index (χ0) is 23.4. The van der Waals surface area contributed by atoms with E-state index in [9.17, 15) is 4.79 Å². The van der Waals surface area contributed by atoms with Gasteiger partial charge in [0.1, 0.15) is 11.3 Å². The Morgan fingerprint density at radius 2 is 1.91 bits per heavy atom. The summed E-state index contributed by atoms with van der Waals surface area (Å²) in [6, 6.07) is 16.1. The smallest absolute Gasteiger partial charge is 0.233 e. The first-order valence-electron chi connectivity index (χ1n) is 10.8. The lowest BCUT2D eigenvalue weighted by atomic mass is 10.1. The quantitative estimate of drug-likeness (QED) is 0.279. The highest BCUT2D eigenvalue weighted by Crippen LogP contribution is 2.37. The third-order valence-corrected chi connectivity index (χ3v) is 7.39. The van der Waals surface area contributed by atoms with Crippen molar-refractivity contribution in [2.75, 3.05) is 12.0 Å². The summed E-state index contributed by atoms with van der Waals surface area (Å²) in [4.78, 5) is 25.5. The summed E-state index contributed by atoms with van der Waals surface area (Å²) >= 11 is 3.33. The minimum Gasteiger partial charge on any atom is -0.494 e. The fourth-order valence-corrected chi connectivity index (χ4v) is 5.45. The second kappa shape index (κ2) is 10.4. The number of thioether (sulfide) groups is 1. The lowest BCUT2D eigenvalue weighted by Crippen LogP contribution is -2.31. The standard InChI is InChI=1S/C26H27N3O2S2/c1-17(2)32-21-10-8-19(9-11-21)14-23(30)29(16-20-6-5-13-27-15-20)26-28-24-22(31-4)12-7-18(3)25(24)33-26/h5-13,15,17H,14,16H2,1-4H3. The average Bonchev–Trinajstić information content (AvgIpc) is 3.25.